The normalized spacial score (nSPS) is 13.3. The molecule has 0 radical (unpaired) electrons. The van der Waals surface area contributed by atoms with Crippen LogP contribution in [0, 0.1) is 0 Å². The van der Waals surface area contributed by atoms with E-state index in [1.807, 2.05) is 23.9 Å². The van der Waals surface area contributed by atoms with Gasteiger partial charge in [0.25, 0.3) is 0 Å². The van der Waals surface area contributed by atoms with E-state index in [9.17, 15) is 0 Å². The van der Waals surface area contributed by atoms with Gasteiger partial charge in [0.05, 0.1) is 28.3 Å². The summed E-state index contributed by atoms with van der Waals surface area (Å²) in [6.07, 6.45) is 4.21. The van der Waals surface area contributed by atoms with Crippen LogP contribution in [0.4, 0.5) is 17.1 Å². The van der Waals surface area contributed by atoms with E-state index in [0.29, 0.717) is 5.95 Å². The number of hydrogen-bond acceptors (Lipinski definition) is 4. The smallest absolute Gasteiger partial charge is 0.235 e. The van der Waals surface area contributed by atoms with Gasteiger partial charge in [-0.25, -0.2) is 9.97 Å². The average Bonchev–Trinajstić information content (AvgIpc) is 3.60. The Morgan fingerprint density at radius 2 is 1.16 bits per heavy atom. The molecule has 55 heavy (non-hydrogen) atoms. The van der Waals surface area contributed by atoms with E-state index in [1.165, 1.54) is 59.7 Å². The standard InChI is InChI=1S/C50H34N4S/c1-4-15-34(16-5-1)41-32-42(35-17-6-2-7-18-35)52-50(51-41)54-43-27-25-36(30-40(43)49-39-21-11-10-14-33(39)24-28-45(49)54)37-26-29-48-46(31-37)53(38-19-8-3-9-20-38)44-22-12-13-23-47(44)55-48/h1-24,26,28-32H,25,27H2. The first-order valence-corrected chi connectivity index (χ1v) is 19.6. The predicted molar refractivity (Wildman–Crippen MR) is 229 cm³/mol. The molecule has 260 valence electrons. The number of nitrogens with zero attached hydrogens (tertiary/aromatic N) is 4. The minimum absolute atomic E-state index is 0.696. The third-order valence-electron chi connectivity index (χ3n) is 10.9. The Kier molecular flexibility index (Phi) is 7.52. The van der Waals surface area contributed by atoms with Crippen LogP contribution in [-0.2, 0) is 6.42 Å². The van der Waals surface area contributed by atoms with Gasteiger partial charge in [0.15, 0.2) is 0 Å². The van der Waals surface area contributed by atoms with Gasteiger partial charge in [-0.05, 0) is 89.4 Å². The lowest BCUT2D eigenvalue weighted by Gasteiger charge is -2.33. The number of benzene rings is 7. The number of allylic oxidation sites excluding steroid dienone is 1. The fourth-order valence-electron chi connectivity index (χ4n) is 8.36. The minimum Gasteiger partial charge on any atom is -0.308 e. The van der Waals surface area contributed by atoms with Crippen molar-refractivity contribution in [2.45, 2.75) is 22.6 Å². The Bertz CT molecular complexity index is 2890. The Labute approximate surface area is 324 Å². The summed E-state index contributed by atoms with van der Waals surface area (Å²) in [6.45, 7) is 0. The molecule has 1 aliphatic heterocycles. The first-order valence-electron chi connectivity index (χ1n) is 18.8. The van der Waals surface area contributed by atoms with E-state index >= 15 is 0 Å². The lowest BCUT2D eigenvalue weighted by Crippen LogP contribution is -2.15. The van der Waals surface area contributed by atoms with Crippen LogP contribution in [0.15, 0.2) is 186 Å². The molecular weight excluding hydrogens is 689 g/mol. The molecule has 5 heteroatoms. The summed E-state index contributed by atoms with van der Waals surface area (Å²) in [5, 5.41) is 3.71. The van der Waals surface area contributed by atoms with Crippen molar-refractivity contribution in [2.75, 3.05) is 4.90 Å². The van der Waals surface area contributed by atoms with Crippen LogP contribution in [0.2, 0.25) is 0 Å². The van der Waals surface area contributed by atoms with Crippen molar-refractivity contribution >= 4 is 62.1 Å². The molecule has 2 aliphatic rings. The third-order valence-corrected chi connectivity index (χ3v) is 12.0. The van der Waals surface area contributed by atoms with Crippen molar-refractivity contribution in [3.05, 3.63) is 193 Å². The molecule has 0 fully saturated rings. The molecule has 0 atom stereocenters. The highest BCUT2D eigenvalue weighted by Gasteiger charge is 2.28. The first kappa shape index (κ1) is 31.8. The van der Waals surface area contributed by atoms with E-state index < -0.39 is 0 Å². The number of rotatable bonds is 5. The molecule has 4 nitrogen and oxygen atoms in total. The van der Waals surface area contributed by atoms with Crippen molar-refractivity contribution < 1.29 is 0 Å². The van der Waals surface area contributed by atoms with Crippen LogP contribution in [0.3, 0.4) is 0 Å². The Morgan fingerprint density at radius 3 is 1.93 bits per heavy atom. The number of hydrogen-bond donors (Lipinski definition) is 0. The summed E-state index contributed by atoms with van der Waals surface area (Å²) in [5.74, 6) is 0.696. The second kappa shape index (κ2) is 13.0. The van der Waals surface area contributed by atoms with E-state index in [0.717, 1.165) is 46.6 Å². The lowest BCUT2D eigenvalue weighted by atomic mass is 9.90. The van der Waals surface area contributed by atoms with Crippen LogP contribution in [0.25, 0.3) is 61.8 Å². The molecule has 3 heterocycles. The monoisotopic (exact) mass is 722 g/mol. The molecule has 0 unspecified atom stereocenters. The molecule has 1 aliphatic carbocycles. The molecule has 0 saturated heterocycles. The maximum atomic E-state index is 5.31. The number of fused-ring (bicyclic) bond motifs is 7. The van der Waals surface area contributed by atoms with Gasteiger partial charge in [0, 0.05) is 43.2 Å². The third kappa shape index (κ3) is 5.38. The Morgan fingerprint density at radius 1 is 0.509 bits per heavy atom. The summed E-state index contributed by atoms with van der Waals surface area (Å²) in [4.78, 5) is 15.6. The highest BCUT2D eigenvalue weighted by atomic mass is 32.2. The predicted octanol–water partition coefficient (Wildman–Crippen LogP) is 13.3. The zero-order chi connectivity index (χ0) is 36.3. The van der Waals surface area contributed by atoms with E-state index in [1.54, 1.807) is 0 Å². The molecular formula is C50H34N4S. The van der Waals surface area contributed by atoms with Crippen molar-refractivity contribution in [1.82, 2.24) is 14.5 Å². The number of para-hydroxylation sites is 2. The van der Waals surface area contributed by atoms with Crippen LogP contribution in [0.1, 0.15) is 23.2 Å². The van der Waals surface area contributed by atoms with Gasteiger partial charge < -0.3 is 4.90 Å². The van der Waals surface area contributed by atoms with Gasteiger partial charge >= 0.3 is 0 Å². The van der Waals surface area contributed by atoms with Crippen molar-refractivity contribution in [1.29, 1.82) is 0 Å². The molecule has 0 saturated carbocycles. The van der Waals surface area contributed by atoms with Crippen LogP contribution in [0.5, 0.6) is 0 Å². The van der Waals surface area contributed by atoms with Gasteiger partial charge in [-0.15, -0.1) is 0 Å². The molecule has 0 bridgehead atoms. The fourth-order valence-corrected chi connectivity index (χ4v) is 9.39. The molecule has 2 aromatic heterocycles. The van der Waals surface area contributed by atoms with Gasteiger partial charge in [-0.1, -0.05) is 139 Å². The topological polar surface area (TPSA) is 34.0 Å². The lowest BCUT2D eigenvalue weighted by molar-refractivity contribution is 0.854. The fraction of sp³-hybridized carbons (Fsp3) is 0.0400. The summed E-state index contributed by atoms with van der Waals surface area (Å²) in [7, 11) is 0. The highest BCUT2D eigenvalue weighted by molar-refractivity contribution is 7.99. The van der Waals surface area contributed by atoms with E-state index in [-0.39, 0.29) is 0 Å². The summed E-state index contributed by atoms with van der Waals surface area (Å²) in [5.41, 5.74) is 13.7. The van der Waals surface area contributed by atoms with Crippen molar-refractivity contribution in [3.8, 4) is 28.5 Å². The van der Waals surface area contributed by atoms with Crippen LogP contribution >= 0.6 is 11.8 Å². The highest BCUT2D eigenvalue weighted by Crippen LogP contribution is 2.52. The second-order valence-electron chi connectivity index (χ2n) is 14.1. The summed E-state index contributed by atoms with van der Waals surface area (Å²) in [6, 6.07) is 62.7. The molecule has 11 rings (SSSR count). The molecule has 0 spiro atoms. The number of anilines is 3. The van der Waals surface area contributed by atoms with Gasteiger partial charge in [-0.2, -0.15) is 0 Å². The van der Waals surface area contributed by atoms with E-state index in [4.69, 9.17) is 9.97 Å². The maximum Gasteiger partial charge on any atom is 0.235 e. The zero-order valence-electron chi connectivity index (χ0n) is 29.9. The SMILES string of the molecule is C1=C(c2ccc3c(c2)N(c2ccccc2)c2ccccc2S3)CCc2c1c1c3ccccc3ccc1n2-c1nc(-c2ccccc2)cc(-c2ccccc2)n1. The molecule has 9 aromatic rings. The first-order chi connectivity index (χ1) is 27.3. The largest absolute Gasteiger partial charge is 0.308 e. The maximum absolute atomic E-state index is 5.31. The quantitative estimate of drug-likeness (QED) is 0.177. The second-order valence-corrected chi connectivity index (χ2v) is 15.2. The Balaban J connectivity index is 1.12. The van der Waals surface area contributed by atoms with Crippen LogP contribution < -0.4 is 4.90 Å². The molecule has 7 aromatic carbocycles. The minimum atomic E-state index is 0.696. The van der Waals surface area contributed by atoms with Gasteiger partial charge in [-0.3, -0.25) is 4.57 Å². The summed E-state index contributed by atoms with van der Waals surface area (Å²) >= 11 is 1.85. The Hall–Kier alpha value is -6.69. The van der Waals surface area contributed by atoms with Gasteiger partial charge in [0.1, 0.15) is 0 Å². The average molecular weight is 723 g/mol. The van der Waals surface area contributed by atoms with Crippen LogP contribution in [-0.4, -0.2) is 14.5 Å². The van der Waals surface area contributed by atoms with Crippen molar-refractivity contribution in [3.63, 3.8) is 0 Å². The summed E-state index contributed by atoms with van der Waals surface area (Å²) < 4.78 is 2.33. The van der Waals surface area contributed by atoms with E-state index in [2.05, 4.69) is 179 Å². The van der Waals surface area contributed by atoms with Crippen molar-refractivity contribution in [2.24, 2.45) is 0 Å². The molecule has 0 N–H and O–H groups in total. The molecule has 0 amide bonds. The van der Waals surface area contributed by atoms with Gasteiger partial charge in [0.2, 0.25) is 5.95 Å². The zero-order valence-corrected chi connectivity index (χ0v) is 30.7. The number of aromatic nitrogens is 3.